The molecule has 1 aliphatic carbocycles. The number of hydrogen-bond donors (Lipinski definition) is 0. The number of alkyl halides is 2. The molecule has 1 fully saturated rings. The van der Waals surface area contributed by atoms with E-state index in [1.807, 2.05) is 4.57 Å². The molecule has 1 aliphatic heterocycles. The Bertz CT molecular complexity index is 948. The van der Waals surface area contributed by atoms with E-state index < -0.39 is 25.6 Å². The summed E-state index contributed by atoms with van der Waals surface area (Å²) in [5, 5.41) is 10.5. The molecular weight excluding hydrogens is 353 g/mol. The van der Waals surface area contributed by atoms with E-state index in [9.17, 15) is 18.4 Å². The van der Waals surface area contributed by atoms with Crippen molar-refractivity contribution in [1.82, 2.24) is 9.47 Å². The predicted molar refractivity (Wildman–Crippen MR) is 97.4 cm³/mol. The van der Waals surface area contributed by atoms with Gasteiger partial charge >= 0.3 is 0 Å². The molecule has 2 heterocycles. The number of halogens is 3. The van der Waals surface area contributed by atoms with Gasteiger partial charge in [-0.15, -0.1) is 0 Å². The highest BCUT2D eigenvalue weighted by atomic mass is 19.1. The standard InChI is InChI=1S/C20H19F3N4/c21-10-15(11-22)26-8-2-7-25-20(26)19-17(12-24)16-6-5-13(23)9-18(16)27(19)14-3-1-4-14/h2,5-9,14-15,20H,1,3-4,10-11H2. The Balaban J connectivity index is 1.96. The summed E-state index contributed by atoms with van der Waals surface area (Å²) in [4.78, 5) is 5.96. The van der Waals surface area contributed by atoms with Crippen molar-refractivity contribution in [2.24, 2.45) is 4.99 Å². The molecule has 2 aromatic rings. The Morgan fingerprint density at radius 1 is 1.26 bits per heavy atom. The van der Waals surface area contributed by atoms with Crippen LogP contribution in [0.5, 0.6) is 0 Å². The highest BCUT2D eigenvalue weighted by molar-refractivity contribution is 5.89. The fourth-order valence-corrected chi connectivity index (χ4v) is 3.87. The van der Waals surface area contributed by atoms with Crippen molar-refractivity contribution in [1.29, 1.82) is 5.26 Å². The van der Waals surface area contributed by atoms with Gasteiger partial charge in [0.25, 0.3) is 0 Å². The van der Waals surface area contributed by atoms with E-state index in [4.69, 9.17) is 0 Å². The quantitative estimate of drug-likeness (QED) is 0.771. The number of fused-ring (bicyclic) bond motifs is 1. The van der Waals surface area contributed by atoms with Gasteiger partial charge in [-0.05, 0) is 43.5 Å². The summed E-state index contributed by atoms with van der Waals surface area (Å²) in [6, 6.07) is 5.70. The largest absolute Gasteiger partial charge is 0.343 e. The highest BCUT2D eigenvalue weighted by Crippen LogP contribution is 2.43. The van der Waals surface area contributed by atoms with Gasteiger partial charge in [0.2, 0.25) is 0 Å². The third-order valence-electron chi connectivity index (χ3n) is 5.43. The van der Waals surface area contributed by atoms with Crippen molar-refractivity contribution in [2.45, 2.75) is 37.5 Å². The van der Waals surface area contributed by atoms with Gasteiger partial charge in [0.05, 0.1) is 22.8 Å². The first-order valence-electron chi connectivity index (χ1n) is 9.02. The van der Waals surface area contributed by atoms with Gasteiger partial charge in [0.1, 0.15) is 25.2 Å². The van der Waals surface area contributed by atoms with E-state index in [-0.39, 0.29) is 11.9 Å². The Kier molecular flexibility index (Phi) is 4.65. The summed E-state index contributed by atoms with van der Waals surface area (Å²) in [5.74, 6) is -0.383. The summed E-state index contributed by atoms with van der Waals surface area (Å²) < 4.78 is 42.8. The van der Waals surface area contributed by atoms with Crippen LogP contribution in [0.25, 0.3) is 10.9 Å². The second-order valence-corrected chi connectivity index (χ2v) is 6.91. The number of nitrogens with zero attached hydrogens (tertiary/aromatic N) is 4. The molecule has 1 saturated carbocycles. The van der Waals surface area contributed by atoms with Crippen LogP contribution in [0.3, 0.4) is 0 Å². The second kappa shape index (κ2) is 7.10. The lowest BCUT2D eigenvalue weighted by Crippen LogP contribution is -2.39. The minimum Gasteiger partial charge on any atom is -0.343 e. The highest BCUT2D eigenvalue weighted by Gasteiger charge is 2.35. The first-order chi connectivity index (χ1) is 13.2. The SMILES string of the molecule is N#Cc1c(C2N=CC=CN2C(CF)CF)n(C2CCC2)c2cc(F)ccc12. The van der Waals surface area contributed by atoms with Crippen LogP contribution in [0.2, 0.25) is 0 Å². The zero-order valence-electron chi connectivity index (χ0n) is 14.7. The molecule has 1 aromatic carbocycles. The van der Waals surface area contributed by atoms with Crippen LogP contribution >= 0.6 is 0 Å². The molecular formula is C20H19F3N4. The third-order valence-corrected chi connectivity index (χ3v) is 5.43. The summed E-state index contributed by atoms with van der Waals surface area (Å²) in [7, 11) is 0. The number of aromatic nitrogens is 1. The Labute approximate surface area is 155 Å². The van der Waals surface area contributed by atoms with Gasteiger partial charge in [-0.3, -0.25) is 4.99 Å². The molecule has 0 amide bonds. The maximum Gasteiger partial charge on any atom is 0.163 e. The number of benzene rings is 1. The molecule has 1 atom stereocenters. The molecule has 0 N–H and O–H groups in total. The zero-order chi connectivity index (χ0) is 19.0. The normalized spacial score (nSPS) is 19.7. The second-order valence-electron chi connectivity index (χ2n) is 6.91. The first-order valence-corrected chi connectivity index (χ1v) is 9.02. The molecule has 0 saturated heterocycles. The van der Waals surface area contributed by atoms with Crippen molar-refractivity contribution in [3.63, 3.8) is 0 Å². The van der Waals surface area contributed by atoms with Crippen molar-refractivity contribution < 1.29 is 13.2 Å². The number of hydrogen-bond acceptors (Lipinski definition) is 3. The number of allylic oxidation sites excluding steroid dienone is 1. The molecule has 1 unspecified atom stereocenters. The molecule has 0 spiro atoms. The summed E-state index contributed by atoms with van der Waals surface area (Å²) >= 11 is 0. The van der Waals surface area contributed by atoms with Crippen LogP contribution in [0.1, 0.15) is 42.7 Å². The zero-order valence-corrected chi connectivity index (χ0v) is 14.7. The van der Waals surface area contributed by atoms with Crippen molar-refractivity contribution in [3.8, 4) is 6.07 Å². The summed E-state index contributed by atoms with van der Waals surface area (Å²) in [6.07, 6.45) is 6.95. The Hall–Kier alpha value is -2.75. The van der Waals surface area contributed by atoms with E-state index in [0.717, 1.165) is 19.3 Å². The molecule has 4 nitrogen and oxygen atoms in total. The van der Waals surface area contributed by atoms with E-state index >= 15 is 0 Å². The van der Waals surface area contributed by atoms with E-state index in [1.165, 1.54) is 17.0 Å². The lowest BCUT2D eigenvalue weighted by Gasteiger charge is -2.37. The minimum atomic E-state index is -0.986. The molecule has 0 bridgehead atoms. The van der Waals surface area contributed by atoms with Crippen LogP contribution in [-0.4, -0.2) is 35.1 Å². The fraction of sp³-hybridized carbons (Fsp3) is 0.400. The van der Waals surface area contributed by atoms with Gasteiger partial charge in [-0.25, -0.2) is 13.2 Å². The van der Waals surface area contributed by atoms with Crippen molar-refractivity contribution >= 4 is 17.1 Å². The van der Waals surface area contributed by atoms with Crippen LogP contribution in [0.4, 0.5) is 13.2 Å². The number of rotatable bonds is 5. The van der Waals surface area contributed by atoms with Crippen LogP contribution in [0.15, 0.2) is 35.5 Å². The third kappa shape index (κ3) is 2.80. The maximum atomic E-state index is 14.0. The minimum absolute atomic E-state index is 0.128. The van der Waals surface area contributed by atoms with Crippen LogP contribution in [-0.2, 0) is 0 Å². The van der Waals surface area contributed by atoms with Crippen LogP contribution < -0.4 is 0 Å². The maximum absolute atomic E-state index is 14.0. The molecule has 140 valence electrons. The lowest BCUT2D eigenvalue weighted by atomic mass is 9.92. The van der Waals surface area contributed by atoms with Gasteiger partial charge in [-0.1, -0.05) is 0 Å². The molecule has 2 aliphatic rings. The van der Waals surface area contributed by atoms with Crippen LogP contribution in [0, 0.1) is 17.1 Å². The monoisotopic (exact) mass is 372 g/mol. The summed E-state index contributed by atoms with van der Waals surface area (Å²) in [5.41, 5.74) is 1.60. The average Bonchev–Trinajstić information content (AvgIpc) is 2.95. The first kappa shape index (κ1) is 17.7. The van der Waals surface area contributed by atoms with E-state index in [1.54, 1.807) is 24.6 Å². The van der Waals surface area contributed by atoms with Gasteiger partial charge < -0.3 is 9.47 Å². The molecule has 27 heavy (non-hydrogen) atoms. The topological polar surface area (TPSA) is 44.3 Å². The predicted octanol–water partition coefficient (Wildman–Crippen LogP) is 4.58. The van der Waals surface area contributed by atoms with E-state index in [2.05, 4.69) is 11.1 Å². The smallest absolute Gasteiger partial charge is 0.163 e. The Morgan fingerprint density at radius 2 is 2.04 bits per heavy atom. The summed E-state index contributed by atoms with van der Waals surface area (Å²) in [6.45, 7) is -1.74. The van der Waals surface area contributed by atoms with Gasteiger partial charge in [0.15, 0.2) is 6.17 Å². The lowest BCUT2D eigenvalue weighted by molar-refractivity contribution is 0.140. The molecule has 0 radical (unpaired) electrons. The van der Waals surface area contributed by atoms with Gasteiger partial charge in [-0.2, -0.15) is 5.26 Å². The van der Waals surface area contributed by atoms with Crippen molar-refractivity contribution in [2.75, 3.05) is 13.3 Å². The molecule has 1 aromatic heterocycles. The Morgan fingerprint density at radius 3 is 2.67 bits per heavy atom. The fourth-order valence-electron chi connectivity index (χ4n) is 3.87. The van der Waals surface area contributed by atoms with Crippen molar-refractivity contribution in [3.05, 3.63) is 47.5 Å². The van der Waals surface area contributed by atoms with E-state index in [0.29, 0.717) is 22.2 Å². The number of aliphatic imine (C=N–C) groups is 1. The molecule has 4 rings (SSSR count). The molecule has 7 heteroatoms. The van der Waals surface area contributed by atoms with Gasteiger partial charge in [0, 0.05) is 23.8 Å². The number of nitriles is 1. The average molecular weight is 372 g/mol.